The molecule has 0 saturated heterocycles. The average molecular weight is 312 g/mol. The molecule has 1 heterocycles. The monoisotopic (exact) mass is 311 g/mol. The number of hydrogen-bond donors (Lipinski definition) is 1. The van der Waals surface area contributed by atoms with Crippen molar-refractivity contribution in [2.45, 2.75) is 50.8 Å². The Labute approximate surface area is 132 Å². The van der Waals surface area contributed by atoms with Crippen LogP contribution in [0, 0.1) is 23.7 Å². The van der Waals surface area contributed by atoms with E-state index in [1.807, 2.05) is 6.21 Å². The van der Waals surface area contributed by atoms with Crippen LogP contribution in [-0.4, -0.2) is 29.8 Å². The van der Waals surface area contributed by atoms with E-state index in [2.05, 4.69) is 11.9 Å². The zero-order valence-electron chi connectivity index (χ0n) is 12.8. The third-order valence-corrected chi connectivity index (χ3v) is 5.73. The van der Waals surface area contributed by atoms with E-state index in [0.29, 0.717) is 23.5 Å². The second-order valence-corrected chi connectivity index (χ2v) is 7.56. The van der Waals surface area contributed by atoms with Gasteiger partial charge in [0.25, 0.3) is 0 Å². The first kappa shape index (κ1) is 15.2. The number of aliphatic hydroxyl groups excluding tert-OH is 1. The number of halogens is 1. The van der Waals surface area contributed by atoms with Crippen LogP contribution in [0.5, 0.6) is 0 Å². The van der Waals surface area contributed by atoms with Crippen molar-refractivity contribution in [1.82, 2.24) is 0 Å². The van der Waals surface area contributed by atoms with Crippen molar-refractivity contribution in [3.63, 3.8) is 0 Å². The minimum absolute atomic E-state index is 0.0631. The minimum atomic E-state index is 0.0631. The minimum Gasteiger partial charge on any atom is -0.509 e. The lowest BCUT2D eigenvalue weighted by Gasteiger charge is -2.31. The van der Waals surface area contributed by atoms with Crippen LogP contribution < -0.4 is 0 Å². The Morgan fingerprint density at radius 1 is 1.33 bits per heavy atom. The fourth-order valence-corrected chi connectivity index (χ4v) is 3.62. The summed E-state index contributed by atoms with van der Waals surface area (Å²) in [5.41, 5.74) is 0. The number of aliphatic imine (C=N–C) groups is 1. The van der Waals surface area contributed by atoms with Gasteiger partial charge in [-0.2, -0.15) is 0 Å². The average Bonchev–Trinajstić information content (AvgIpc) is 3.29. The van der Waals surface area contributed by atoms with Crippen LogP contribution in [0.4, 0.5) is 0 Å². The summed E-state index contributed by atoms with van der Waals surface area (Å²) in [6, 6.07) is 0. The molecule has 3 aliphatic rings. The zero-order chi connectivity index (χ0) is 14.8. The molecule has 0 bridgehead atoms. The molecule has 21 heavy (non-hydrogen) atoms. The Bertz CT molecular complexity index is 431. The van der Waals surface area contributed by atoms with Gasteiger partial charge < -0.3 is 9.84 Å². The van der Waals surface area contributed by atoms with Gasteiger partial charge in [0.05, 0.1) is 12.0 Å². The fourth-order valence-electron chi connectivity index (χ4n) is 3.43. The summed E-state index contributed by atoms with van der Waals surface area (Å²) in [6.07, 6.45) is 8.26. The van der Waals surface area contributed by atoms with Crippen LogP contribution in [0.15, 0.2) is 16.5 Å². The maximum atomic E-state index is 10.1. The lowest BCUT2D eigenvalue weighted by atomic mass is 9.77. The molecule has 3 rings (SSSR count). The highest BCUT2D eigenvalue weighted by Gasteiger charge is 2.32. The number of hydrogen-bond acceptors (Lipinski definition) is 3. The molecule has 4 heteroatoms. The van der Waals surface area contributed by atoms with Crippen molar-refractivity contribution in [3.05, 3.63) is 11.5 Å². The lowest BCUT2D eigenvalue weighted by Crippen LogP contribution is -2.25. The Morgan fingerprint density at radius 3 is 2.90 bits per heavy atom. The summed E-state index contributed by atoms with van der Waals surface area (Å²) >= 11 is 6.30. The van der Waals surface area contributed by atoms with Crippen molar-refractivity contribution >= 4 is 17.8 Å². The second kappa shape index (κ2) is 6.60. The van der Waals surface area contributed by atoms with Crippen molar-refractivity contribution in [2.75, 3.05) is 13.2 Å². The van der Waals surface area contributed by atoms with E-state index < -0.39 is 0 Å². The first-order chi connectivity index (χ1) is 10.1. The Kier molecular flexibility index (Phi) is 4.78. The standard InChI is InChI=1S/C17H26ClNO2/c1-11-6-14(8-19-9-15(11)18)13-4-5-16(20)17(7-13)21-10-12-2-3-12/h9,11-15,20H,2-8,10H2,1H3/t11?,13-,14?,15?/m0/s1. The Balaban J connectivity index is 1.59. The van der Waals surface area contributed by atoms with Crippen molar-refractivity contribution in [3.8, 4) is 0 Å². The molecule has 118 valence electrons. The molecule has 3 nitrogen and oxygen atoms in total. The lowest BCUT2D eigenvalue weighted by molar-refractivity contribution is 0.126. The van der Waals surface area contributed by atoms with Gasteiger partial charge in [0.15, 0.2) is 0 Å². The molecule has 1 fully saturated rings. The molecule has 0 radical (unpaired) electrons. The summed E-state index contributed by atoms with van der Waals surface area (Å²) in [4.78, 5) is 4.51. The van der Waals surface area contributed by atoms with E-state index in [4.69, 9.17) is 16.3 Å². The first-order valence-electron chi connectivity index (χ1n) is 8.31. The highest BCUT2D eigenvalue weighted by molar-refractivity contribution is 6.28. The van der Waals surface area contributed by atoms with Gasteiger partial charge in [0.2, 0.25) is 0 Å². The molecule has 1 N–H and O–H groups in total. The zero-order valence-corrected chi connectivity index (χ0v) is 13.6. The number of aliphatic hydroxyl groups is 1. The SMILES string of the molecule is CC1CC([C@H]2CCC(O)=C(OCC3CC3)C2)CN=CC1Cl. The van der Waals surface area contributed by atoms with E-state index in [1.165, 1.54) is 12.8 Å². The van der Waals surface area contributed by atoms with Crippen LogP contribution in [0.2, 0.25) is 0 Å². The van der Waals surface area contributed by atoms with Crippen LogP contribution in [0.3, 0.4) is 0 Å². The predicted octanol–water partition coefficient (Wildman–Crippen LogP) is 4.32. The van der Waals surface area contributed by atoms with E-state index in [1.54, 1.807) is 0 Å². The quantitative estimate of drug-likeness (QED) is 0.786. The molecule has 0 amide bonds. The number of rotatable bonds is 4. The van der Waals surface area contributed by atoms with E-state index >= 15 is 0 Å². The fraction of sp³-hybridized carbons (Fsp3) is 0.824. The van der Waals surface area contributed by atoms with E-state index in [-0.39, 0.29) is 5.38 Å². The van der Waals surface area contributed by atoms with Crippen molar-refractivity contribution in [1.29, 1.82) is 0 Å². The number of alkyl halides is 1. The normalized spacial score (nSPS) is 37.4. The smallest absolute Gasteiger partial charge is 0.133 e. The van der Waals surface area contributed by atoms with Crippen LogP contribution in [-0.2, 0) is 4.74 Å². The first-order valence-corrected chi connectivity index (χ1v) is 8.75. The van der Waals surface area contributed by atoms with Gasteiger partial charge in [-0.1, -0.05) is 6.92 Å². The molecular formula is C17H26ClNO2. The van der Waals surface area contributed by atoms with Gasteiger partial charge in [-0.05, 0) is 49.4 Å². The van der Waals surface area contributed by atoms with E-state index in [0.717, 1.165) is 50.5 Å². The predicted molar refractivity (Wildman–Crippen MR) is 85.9 cm³/mol. The van der Waals surface area contributed by atoms with Crippen LogP contribution in [0.1, 0.15) is 45.4 Å². The molecule has 1 aliphatic heterocycles. The van der Waals surface area contributed by atoms with Crippen molar-refractivity contribution in [2.24, 2.45) is 28.7 Å². The van der Waals surface area contributed by atoms with Gasteiger partial charge in [0.1, 0.15) is 11.5 Å². The maximum Gasteiger partial charge on any atom is 0.133 e. The van der Waals surface area contributed by atoms with Gasteiger partial charge in [-0.3, -0.25) is 4.99 Å². The summed E-state index contributed by atoms with van der Waals surface area (Å²) in [7, 11) is 0. The second-order valence-electron chi connectivity index (χ2n) is 7.06. The molecule has 4 atom stereocenters. The Hall–Kier alpha value is -0.700. The number of ether oxygens (including phenoxy) is 1. The van der Waals surface area contributed by atoms with Gasteiger partial charge in [-0.25, -0.2) is 0 Å². The largest absolute Gasteiger partial charge is 0.509 e. The van der Waals surface area contributed by atoms with E-state index in [9.17, 15) is 5.11 Å². The molecule has 0 spiro atoms. The number of nitrogens with zero attached hydrogens (tertiary/aromatic N) is 1. The number of allylic oxidation sites excluding steroid dienone is 2. The van der Waals surface area contributed by atoms with Crippen molar-refractivity contribution < 1.29 is 9.84 Å². The maximum absolute atomic E-state index is 10.1. The molecular weight excluding hydrogens is 286 g/mol. The summed E-state index contributed by atoms with van der Waals surface area (Å²) in [6.45, 7) is 3.87. The molecule has 1 saturated carbocycles. The highest BCUT2D eigenvalue weighted by atomic mass is 35.5. The van der Waals surface area contributed by atoms with Crippen LogP contribution >= 0.6 is 11.6 Å². The summed E-state index contributed by atoms with van der Waals surface area (Å²) < 4.78 is 5.88. The molecule has 0 aromatic heterocycles. The Morgan fingerprint density at radius 2 is 2.14 bits per heavy atom. The summed E-state index contributed by atoms with van der Waals surface area (Å²) in [5.74, 6) is 3.65. The third kappa shape index (κ3) is 3.94. The van der Waals surface area contributed by atoms with Crippen LogP contribution in [0.25, 0.3) is 0 Å². The molecule has 0 aromatic rings. The summed E-state index contributed by atoms with van der Waals surface area (Å²) in [5, 5.41) is 10.1. The van der Waals surface area contributed by atoms with Gasteiger partial charge in [-0.15, -0.1) is 11.6 Å². The molecule has 3 unspecified atom stereocenters. The van der Waals surface area contributed by atoms with Gasteiger partial charge in [0, 0.05) is 25.6 Å². The highest BCUT2D eigenvalue weighted by Crippen LogP contribution is 2.39. The molecule has 0 aromatic carbocycles. The third-order valence-electron chi connectivity index (χ3n) is 5.18. The topological polar surface area (TPSA) is 41.8 Å². The van der Waals surface area contributed by atoms with Gasteiger partial charge >= 0.3 is 0 Å². The molecule has 2 aliphatic carbocycles.